The fraction of sp³-hybridized carbons (Fsp3) is 0. The molecule has 0 aliphatic heterocycles. The average Bonchev–Trinajstić information content (AvgIpc) is 3.07. The Bertz CT molecular complexity index is 2180. The van der Waals surface area contributed by atoms with Crippen LogP contribution in [0.1, 0.15) is 0 Å². The number of nitrogens with zero attached hydrogens (tertiary/aromatic N) is 2. The molecule has 0 amide bonds. The topological polar surface area (TPSA) is 25.8 Å². The third-order valence-corrected chi connectivity index (χ3v) is 8.19. The molecule has 0 spiro atoms. The standard InChI is InChI=1S/C40H26N2/c1-2-8-28(9-3-1)39-34-10-4-6-12-36(34)40(37-13-7-5-11-35(37)39)33-17-15-29-24-32(16-14-30(29)25-33)38-26-31(20-23-42-38)27-18-21-41-22-19-27/h1-26H. The Morgan fingerprint density at radius 3 is 1.50 bits per heavy atom. The summed E-state index contributed by atoms with van der Waals surface area (Å²) in [5.41, 5.74) is 9.37. The molecule has 6 aromatic carbocycles. The van der Waals surface area contributed by atoms with Gasteiger partial charge in [0.15, 0.2) is 0 Å². The van der Waals surface area contributed by atoms with Gasteiger partial charge in [0, 0.05) is 24.2 Å². The second kappa shape index (κ2) is 10.1. The van der Waals surface area contributed by atoms with Crippen LogP contribution in [0.25, 0.3) is 77.0 Å². The van der Waals surface area contributed by atoms with Gasteiger partial charge in [-0.05, 0) is 102 Å². The van der Waals surface area contributed by atoms with E-state index in [1.165, 1.54) is 54.6 Å². The van der Waals surface area contributed by atoms with Crippen LogP contribution in [-0.4, -0.2) is 9.97 Å². The van der Waals surface area contributed by atoms with Crippen molar-refractivity contribution in [2.24, 2.45) is 0 Å². The van der Waals surface area contributed by atoms with Crippen molar-refractivity contribution < 1.29 is 0 Å². The fourth-order valence-electron chi connectivity index (χ4n) is 6.23. The third-order valence-electron chi connectivity index (χ3n) is 8.19. The molecule has 8 rings (SSSR count). The van der Waals surface area contributed by atoms with E-state index < -0.39 is 0 Å². The smallest absolute Gasteiger partial charge is 0.0708 e. The van der Waals surface area contributed by atoms with Crippen LogP contribution in [0, 0.1) is 0 Å². The molecular formula is C40H26N2. The molecule has 2 heteroatoms. The molecule has 0 bridgehead atoms. The SMILES string of the molecule is c1ccc(-c2c3ccccc3c(-c3ccc4cc(-c5cc(-c6ccncc6)ccn5)ccc4c3)c3ccccc23)cc1. The van der Waals surface area contributed by atoms with Crippen molar-refractivity contribution in [3.8, 4) is 44.6 Å². The molecule has 0 saturated heterocycles. The summed E-state index contributed by atoms with van der Waals surface area (Å²) in [5.74, 6) is 0. The maximum atomic E-state index is 4.69. The van der Waals surface area contributed by atoms with Gasteiger partial charge in [0.2, 0.25) is 0 Å². The third kappa shape index (κ3) is 4.13. The minimum atomic E-state index is 0.962. The maximum Gasteiger partial charge on any atom is 0.0708 e. The van der Waals surface area contributed by atoms with Crippen LogP contribution in [0.15, 0.2) is 158 Å². The van der Waals surface area contributed by atoms with Gasteiger partial charge in [0.1, 0.15) is 0 Å². The van der Waals surface area contributed by atoms with E-state index in [0.717, 1.165) is 22.4 Å². The summed E-state index contributed by atoms with van der Waals surface area (Å²) in [6, 6.07) is 50.1. The van der Waals surface area contributed by atoms with Crippen molar-refractivity contribution in [2.45, 2.75) is 0 Å². The van der Waals surface area contributed by atoms with Crippen LogP contribution in [0.2, 0.25) is 0 Å². The first kappa shape index (κ1) is 24.2. The Morgan fingerprint density at radius 2 is 0.857 bits per heavy atom. The number of aromatic nitrogens is 2. The van der Waals surface area contributed by atoms with Crippen LogP contribution in [0.5, 0.6) is 0 Å². The molecule has 0 aliphatic carbocycles. The van der Waals surface area contributed by atoms with Gasteiger partial charge in [-0.15, -0.1) is 0 Å². The van der Waals surface area contributed by atoms with Crippen molar-refractivity contribution in [2.75, 3.05) is 0 Å². The largest absolute Gasteiger partial charge is 0.265 e. The lowest BCUT2D eigenvalue weighted by Crippen LogP contribution is -1.91. The van der Waals surface area contributed by atoms with E-state index in [9.17, 15) is 0 Å². The average molecular weight is 535 g/mol. The highest BCUT2D eigenvalue weighted by Crippen LogP contribution is 2.44. The minimum Gasteiger partial charge on any atom is -0.265 e. The molecule has 0 radical (unpaired) electrons. The molecule has 0 fully saturated rings. The van der Waals surface area contributed by atoms with Crippen molar-refractivity contribution in [1.82, 2.24) is 9.97 Å². The molecule has 196 valence electrons. The molecule has 0 aliphatic rings. The lowest BCUT2D eigenvalue weighted by atomic mass is 9.85. The van der Waals surface area contributed by atoms with Gasteiger partial charge in [-0.3, -0.25) is 9.97 Å². The molecule has 0 N–H and O–H groups in total. The molecule has 8 aromatic rings. The van der Waals surface area contributed by atoms with Gasteiger partial charge in [0.25, 0.3) is 0 Å². The van der Waals surface area contributed by atoms with E-state index in [1.54, 1.807) is 0 Å². The van der Waals surface area contributed by atoms with E-state index in [1.807, 2.05) is 36.8 Å². The van der Waals surface area contributed by atoms with E-state index in [-0.39, 0.29) is 0 Å². The van der Waals surface area contributed by atoms with Gasteiger partial charge in [-0.2, -0.15) is 0 Å². The monoisotopic (exact) mass is 534 g/mol. The van der Waals surface area contributed by atoms with E-state index in [4.69, 9.17) is 4.98 Å². The molecule has 2 heterocycles. The zero-order chi connectivity index (χ0) is 27.9. The van der Waals surface area contributed by atoms with Gasteiger partial charge in [-0.25, -0.2) is 0 Å². The van der Waals surface area contributed by atoms with Crippen LogP contribution < -0.4 is 0 Å². The number of pyridine rings is 2. The number of fused-ring (bicyclic) bond motifs is 3. The van der Waals surface area contributed by atoms with Crippen molar-refractivity contribution >= 4 is 32.3 Å². The second-order valence-corrected chi connectivity index (χ2v) is 10.6. The Hall–Kier alpha value is -5.60. The van der Waals surface area contributed by atoms with Gasteiger partial charge < -0.3 is 0 Å². The fourth-order valence-corrected chi connectivity index (χ4v) is 6.23. The van der Waals surface area contributed by atoms with Crippen molar-refractivity contribution in [1.29, 1.82) is 0 Å². The summed E-state index contributed by atoms with van der Waals surface area (Å²) in [6.07, 6.45) is 5.53. The molecule has 2 nitrogen and oxygen atoms in total. The van der Waals surface area contributed by atoms with Crippen LogP contribution in [0.3, 0.4) is 0 Å². The second-order valence-electron chi connectivity index (χ2n) is 10.6. The normalized spacial score (nSPS) is 11.3. The van der Waals surface area contributed by atoms with Gasteiger partial charge in [0.05, 0.1) is 5.69 Å². The highest BCUT2D eigenvalue weighted by Gasteiger charge is 2.16. The molecular weight excluding hydrogens is 508 g/mol. The number of hydrogen-bond acceptors (Lipinski definition) is 2. The first-order valence-electron chi connectivity index (χ1n) is 14.2. The lowest BCUT2D eigenvalue weighted by Gasteiger charge is -2.18. The van der Waals surface area contributed by atoms with Crippen molar-refractivity contribution in [3.05, 3.63) is 158 Å². The molecule has 2 aromatic heterocycles. The minimum absolute atomic E-state index is 0.962. The summed E-state index contributed by atoms with van der Waals surface area (Å²) >= 11 is 0. The Labute approximate surface area is 244 Å². The number of hydrogen-bond donors (Lipinski definition) is 0. The Kier molecular flexibility index (Phi) is 5.82. The quantitative estimate of drug-likeness (QED) is 0.210. The van der Waals surface area contributed by atoms with Crippen LogP contribution in [0.4, 0.5) is 0 Å². The van der Waals surface area contributed by atoms with Crippen molar-refractivity contribution in [3.63, 3.8) is 0 Å². The van der Waals surface area contributed by atoms with E-state index >= 15 is 0 Å². The van der Waals surface area contributed by atoms with Crippen LogP contribution >= 0.6 is 0 Å². The maximum absolute atomic E-state index is 4.69. The van der Waals surface area contributed by atoms with E-state index in [0.29, 0.717) is 0 Å². The highest BCUT2D eigenvalue weighted by atomic mass is 14.7. The number of benzene rings is 6. The first-order chi connectivity index (χ1) is 20.8. The summed E-state index contributed by atoms with van der Waals surface area (Å²) in [4.78, 5) is 8.84. The summed E-state index contributed by atoms with van der Waals surface area (Å²) < 4.78 is 0. The molecule has 42 heavy (non-hydrogen) atoms. The first-order valence-corrected chi connectivity index (χ1v) is 14.2. The summed E-state index contributed by atoms with van der Waals surface area (Å²) in [6.45, 7) is 0. The highest BCUT2D eigenvalue weighted by molar-refractivity contribution is 6.21. The zero-order valence-electron chi connectivity index (χ0n) is 22.9. The van der Waals surface area contributed by atoms with Gasteiger partial charge >= 0.3 is 0 Å². The molecule has 0 unspecified atom stereocenters. The van der Waals surface area contributed by atoms with E-state index in [2.05, 4.69) is 126 Å². The lowest BCUT2D eigenvalue weighted by molar-refractivity contribution is 1.31. The zero-order valence-corrected chi connectivity index (χ0v) is 22.9. The van der Waals surface area contributed by atoms with Crippen LogP contribution in [-0.2, 0) is 0 Å². The summed E-state index contributed by atoms with van der Waals surface area (Å²) in [5, 5.41) is 7.48. The predicted octanol–water partition coefficient (Wildman–Crippen LogP) is 10.6. The molecule has 0 atom stereocenters. The Morgan fingerprint density at radius 1 is 0.333 bits per heavy atom. The predicted molar refractivity (Wildman–Crippen MR) is 176 cm³/mol. The Balaban J connectivity index is 1.28. The number of rotatable bonds is 4. The summed E-state index contributed by atoms with van der Waals surface area (Å²) in [7, 11) is 0. The van der Waals surface area contributed by atoms with Gasteiger partial charge in [-0.1, -0.05) is 103 Å². The molecule has 0 saturated carbocycles.